The van der Waals surface area contributed by atoms with Crippen molar-refractivity contribution in [2.45, 2.75) is 58.7 Å². The summed E-state index contributed by atoms with van der Waals surface area (Å²) >= 11 is 1.85. The molecule has 1 N–H and O–H groups in total. The van der Waals surface area contributed by atoms with Gasteiger partial charge in [0.1, 0.15) is 0 Å². The molecule has 0 spiro atoms. The first-order valence-electron chi connectivity index (χ1n) is 10.7. The van der Waals surface area contributed by atoms with Gasteiger partial charge in [-0.2, -0.15) is 0 Å². The second kappa shape index (κ2) is 7.67. The summed E-state index contributed by atoms with van der Waals surface area (Å²) in [7, 11) is 0. The average molecular weight is 426 g/mol. The zero-order valence-corrected chi connectivity index (χ0v) is 18.3. The van der Waals surface area contributed by atoms with E-state index >= 15 is 0 Å². The van der Waals surface area contributed by atoms with Crippen molar-refractivity contribution in [2.24, 2.45) is 0 Å². The Hall–Kier alpha value is -2.45. The maximum Gasteiger partial charge on any atom is 0.277 e. The lowest BCUT2D eigenvalue weighted by Gasteiger charge is -2.34. The van der Waals surface area contributed by atoms with Crippen molar-refractivity contribution in [1.29, 1.82) is 0 Å². The van der Waals surface area contributed by atoms with Gasteiger partial charge in [-0.1, -0.05) is 6.42 Å². The molecule has 5 rings (SSSR count). The third-order valence-electron chi connectivity index (χ3n) is 6.35. The van der Waals surface area contributed by atoms with Crippen LogP contribution in [-0.4, -0.2) is 43.4 Å². The summed E-state index contributed by atoms with van der Waals surface area (Å²) in [4.78, 5) is 36.6. The number of nitrogens with one attached hydrogen (secondary N) is 1. The molecule has 1 amide bonds. The Kier molecular flexibility index (Phi) is 4.99. The molecule has 0 aromatic carbocycles. The topological polar surface area (TPSA) is 73.7 Å². The first-order chi connectivity index (χ1) is 14.5. The maximum atomic E-state index is 13.2. The van der Waals surface area contributed by atoms with E-state index in [1.165, 1.54) is 22.6 Å². The normalized spacial score (nSPS) is 19.9. The fourth-order valence-electron chi connectivity index (χ4n) is 4.74. The number of rotatable bonds is 3. The quantitative estimate of drug-likeness (QED) is 0.700. The minimum Gasteiger partial charge on any atom is -0.338 e. The van der Waals surface area contributed by atoms with Gasteiger partial charge in [-0.3, -0.25) is 19.6 Å². The van der Waals surface area contributed by atoms with Crippen LogP contribution >= 0.6 is 11.3 Å². The summed E-state index contributed by atoms with van der Waals surface area (Å²) in [6.07, 6.45) is 4.10. The number of aromatic amines is 1. The number of hydrogen-bond acceptors (Lipinski definition) is 5. The number of amides is 1. The van der Waals surface area contributed by atoms with Gasteiger partial charge in [0, 0.05) is 42.3 Å². The Labute approximate surface area is 179 Å². The standard InChI is InChI=1S/C22H27N5O2S/c1-14-6-7-16(30-14)12-26-9-4-3-5-20(26)19-11-21-23-18-8-10-25(15(2)28)13-17(18)22(29)27(21)24-19/h6-7,11,20,24H,3-5,8-10,12-13H2,1-2H3/t20-/m0/s1. The van der Waals surface area contributed by atoms with Gasteiger partial charge < -0.3 is 4.90 Å². The van der Waals surface area contributed by atoms with Crippen LogP contribution in [0.25, 0.3) is 5.65 Å². The van der Waals surface area contributed by atoms with Crippen LogP contribution in [-0.2, 0) is 24.3 Å². The molecular weight excluding hydrogens is 398 g/mol. The van der Waals surface area contributed by atoms with Gasteiger partial charge in [-0.15, -0.1) is 11.3 Å². The zero-order valence-electron chi connectivity index (χ0n) is 17.5. The van der Waals surface area contributed by atoms with E-state index in [0.717, 1.165) is 30.9 Å². The molecule has 0 unspecified atom stereocenters. The monoisotopic (exact) mass is 425 g/mol. The third-order valence-corrected chi connectivity index (χ3v) is 7.34. The van der Waals surface area contributed by atoms with E-state index in [1.54, 1.807) is 16.3 Å². The highest BCUT2D eigenvalue weighted by Gasteiger charge is 2.28. The number of H-pyrrole nitrogens is 1. The Balaban J connectivity index is 1.49. The molecule has 3 aromatic heterocycles. The lowest BCUT2D eigenvalue weighted by Crippen LogP contribution is -2.39. The van der Waals surface area contributed by atoms with E-state index in [2.05, 4.69) is 29.1 Å². The second-order valence-electron chi connectivity index (χ2n) is 8.43. The molecule has 158 valence electrons. The Morgan fingerprint density at radius 2 is 2.17 bits per heavy atom. The van der Waals surface area contributed by atoms with Crippen LogP contribution in [0.3, 0.4) is 0 Å². The molecule has 0 bridgehead atoms. The molecule has 1 atom stereocenters. The summed E-state index contributed by atoms with van der Waals surface area (Å²) in [6, 6.07) is 6.70. The molecule has 0 radical (unpaired) electrons. The SMILES string of the molecule is CC(=O)N1CCc2nc3cc([C@@H]4CCCCN4Cc4ccc(C)s4)[nH]n3c(=O)c2C1. The predicted octanol–water partition coefficient (Wildman–Crippen LogP) is 3.02. The van der Waals surface area contributed by atoms with Gasteiger partial charge >= 0.3 is 0 Å². The van der Waals surface area contributed by atoms with E-state index < -0.39 is 0 Å². The third kappa shape index (κ3) is 3.48. The Morgan fingerprint density at radius 3 is 2.93 bits per heavy atom. The number of aryl methyl sites for hydroxylation is 1. The molecule has 0 aliphatic carbocycles. The average Bonchev–Trinajstić information content (AvgIpc) is 3.34. The highest BCUT2D eigenvalue weighted by atomic mass is 32.1. The van der Waals surface area contributed by atoms with Crippen molar-refractivity contribution in [3.63, 3.8) is 0 Å². The first kappa shape index (κ1) is 19.5. The van der Waals surface area contributed by atoms with Gasteiger partial charge in [-0.25, -0.2) is 9.50 Å². The molecule has 8 heteroatoms. The van der Waals surface area contributed by atoms with Crippen molar-refractivity contribution in [3.8, 4) is 0 Å². The number of piperidine rings is 1. The summed E-state index contributed by atoms with van der Waals surface area (Å²) in [5.74, 6) is -0.000942. The molecule has 1 fully saturated rings. The van der Waals surface area contributed by atoms with E-state index in [0.29, 0.717) is 30.7 Å². The molecular formula is C22H27N5O2S. The zero-order chi connectivity index (χ0) is 20.8. The van der Waals surface area contributed by atoms with E-state index in [-0.39, 0.29) is 17.5 Å². The van der Waals surface area contributed by atoms with Crippen LogP contribution in [0.1, 0.15) is 58.9 Å². The Bertz CT molecular complexity index is 1160. The molecule has 3 aromatic rings. The van der Waals surface area contributed by atoms with Crippen molar-refractivity contribution in [3.05, 3.63) is 55.3 Å². The smallest absolute Gasteiger partial charge is 0.277 e. The van der Waals surface area contributed by atoms with Crippen molar-refractivity contribution < 1.29 is 4.79 Å². The van der Waals surface area contributed by atoms with Crippen LogP contribution in [0.2, 0.25) is 0 Å². The summed E-state index contributed by atoms with van der Waals surface area (Å²) < 4.78 is 1.57. The van der Waals surface area contributed by atoms with Crippen LogP contribution < -0.4 is 5.56 Å². The second-order valence-corrected chi connectivity index (χ2v) is 9.80. The van der Waals surface area contributed by atoms with Crippen molar-refractivity contribution in [1.82, 2.24) is 24.4 Å². The summed E-state index contributed by atoms with van der Waals surface area (Å²) in [5.41, 5.74) is 3.12. The fourth-order valence-corrected chi connectivity index (χ4v) is 5.66. The van der Waals surface area contributed by atoms with Gasteiger partial charge in [0.05, 0.1) is 29.5 Å². The van der Waals surface area contributed by atoms with Gasteiger partial charge in [-0.05, 0) is 38.4 Å². The van der Waals surface area contributed by atoms with Gasteiger partial charge in [0.25, 0.3) is 5.56 Å². The summed E-state index contributed by atoms with van der Waals surface area (Å²) in [5, 5.41) is 3.35. The van der Waals surface area contributed by atoms with Crippen LogP contribution in [0.15, 0.2) is 23.0 Å². The minimum atomic E-state index is -0.0801. The molecule has 2 aliphatic rings. The molecule has 30 heavy (non-hydrogen) atoms. The highest BCUT2D eigenvalue weighted by molar-refractivity contribution is 7.11. The van der Waals surface area contributed by atoms with E-state index in [4.69, 9.17) is 4.98 Å². The van der Waals surface area contributed by atoms with Gasteiger partial charge in [0.2, 0.25) is 5.91 Å². The van der Waals surface area contributed by atoms with Crippen LogP contribution in [0.4, 0.5) is 0 Å². The maximum absolute atomic E-state index is 13.2. The lowest BCUT2D eigenvalue weighted by molar-refractivity contribution is -0.129. The highest BCUT2D eigenvalue weighted by Crippen LogP contribution is 2.33. The Morgan fingerprint density at radius 1 is 1.30 bits per heavy atom. The number of likely N-dealkylation sites (tertiary alicyclic amines) is 1. The number of thiophene rings is 1. The number of aromatic nitrogens is 3. The lowest BCUT2D eigenvalue weighted by atomic mass is 9.99. The first-order valence-corrected chi connectivity index (χ1v) is 11.5. The summed E-state index contributed by atoms with van der Waals surface area (Å²) in [6.45, 7) is 6.66. The van der Waals surface area contributed by atoms with E-state index in [9.17, 15) is 9.59 Å². The molecule has 1 saturated heterocycles. The number of carbonyl (C=O) groups excluding carboxylic acids is 1. The number of nitrogens with zero attached hydrogens (tertiary/aromatic N) is 4. The predicted molar refractivity (Wildman–Crippen MR) is 117 cm³/mol. The van der Waals surface area contributed by atoms with Crippen molar-refractivity contribution in [2.75, 3.05) is 13.1 Å². The molecule has 0 saturated carbocycles. The largest absolute Gasteiger partial charge is 0.338 e. The van der Waals surface area contributed by atoms with Crippen molar-refractivity contribution >= 4 is 22.9 Å². The van der Waals surface area contributed by atoms with Crippen LogP contribution in [0.5, 0.6) is 0 Å². The van der Waals surface area contributed by atoms with Gasteiger partial charge in [0.15, 0.2) is 5.65 Å². The molecule has 2 aliphatic heterocycles. The van der Waals surface area contributed by atoms with E-state index in [1.807, 2.05) is 17.4 Å². The number of fused-ring (bicyclic) bond motifs is 2. The number of carbonyl (C=O) groups is 1. The van der Waals surface area contributed by atoms with Crippen LogP contribution in [0, 0.1) is 6.92 Å². The fraction of sp³-hybridized carbons (Fsp3) is 0.500. The molecule has 5 heterocycles. The minimum absolute atomic E-state index is 0.000942. The molecule has 7 nitrogen and oxygen atoms in total. The number of hydrogen-bond donors (Lipinski definition) is 1.